The van der Waals surface area contributed by atoms with Crippen LogP contribution in [0.25, 0.3) is 0 Å². The zero-order chi connectivity index (χ0) is 9.31. The second-order valence-electron chi connectivity index (χ2n) is 4.35. The molecule has 2 saturated carbocycles. The number of carbonyl (C=O) groups excluding carboxylic acids is 1. The minimum absolute atomic E-state index is 0.00516. The van der Waals surface area contributed by atoms with E-state index in [0.29, 0.717) is 12.0 Å². The van der Waals surface area contributed by atoms with Crippen LogP contribution < -0.4 is 10.6 Å². The van der Waals surface area contributed by atoms with Gasteiger partial charge in [-0.3, -0.25) is 0 Å². The molecule has 0 atom stereocenters. The molecule has 2 rings (SSSR count). The smallest absolute Gasteiger partial charge is 0.314 e. The van der Waals surface area contributed by atoms with Crippen LogP contribution in [0.15, 0.2) is 0 Å². The van der Waals surface area contributed by atoms with Gasteiger partial charge in [-0.25, -0.2) is 4.79 Å². The monoisotopic (exact) mass is 182 g/mol. The van der Waals surface area contributed by atoms with Crippen LogP contribution in [-0.2, 0) is 0 Å². The van der Waals surface area contributed by atoms with E-state index in [1.54, 1.807) is 0 Å². The van der Waals surface area contributed by atoms with Gasteiger partial charge in [0, 0.05) is 13.1 Å². The van der Waals surface area contributed by atoms with Crippen molar-refractivity contribution in [1.82, 2.24) is 10.6 Å². The van der Waals surface area contributed by atoms with Crippen LogP contribution in [0.2, 0.25) is 0 Å². The molecule has 0 aromatic heterocycles. The Morgan fingerprint density at radius 1 is 1.38 bits per heavy atom. The van der Waals surface area contributed by atoms with Crippen LogP contribution in [-0.4, -0.2) is 19.1 Å². The molecular weight excluding hydrogens is 164 g/mol. The minimum Gasteiger partial charge on any atom is -0.338 e. The summed E-state index contributed by atoms with van der Waals surface area (Å²) in [6, 6.07) is -0.00516. The molecule has 74 valence electrons. The molecule has 3 nitrogen and oxygen atoms in total. The van der Waals surface area contributed by atoms with Crippen LogP contribution >= 0.6 is 0 Å². The molecule has 0 saturated heterocycles. The molecule has 2 aliphatic carbocycles. The van der Waals surface area contributed by atoms with Gasteiger partial charge in [0.1, 0.15) is 0 Å². The van der Waals surface area contributed by atoms with Crippen molar-refractivity contribution >= 4 is 6.03 Å². The minimum atomic E-state index is -0.00516. The maximum atomic E-state index is 11.1. The number of hydrogen-bond donors (Lipinski definition) is 2. The molecule has 0 spiro atoms. The van der Waals surface area contributed by atoms with Gasteiger partial charge in [0.25, 0.3) is 0 Å². The van der Waals surface area contributed by atoms with Gasteiger partial charge < -0.3 is 10.6 Å². The first-order valence-electron chi connectivity index (χ1n) is 5.28. The average Bonchev–Trinajstić information content (AvgIpc) is 2.95. The molecule has 2 N–H and O–H groups in total. The Morgan fingerprint density at radius 2 is 2.08 bits per heavy atom. The molecule has 2 amide bonds. The van der Waals surface area contributed by atoms with Gasteiger partial charge >= 0.3 is 6.03 Å². The molecule has 13 heavy (non-hydrogen) atoms. The van der Waals surface area contributed by atoms with E-state index in [1.165, 1.54) is 25.7 Å². The largest absolute Gasteiger partial charge is 0.338 e. The van der Waals surface area contributed by atoms with Crippen LogP contribution in [0.1, 0.15) is 32.6 Å². The predicted molar refractivity (Wildman–Crippen MR) is 51.5 cm³/mol. The number of amides is 2. The second-order valence-corrected chi connectivity index (χ2v) is 4.35. The summed E-state index contributed by atoms with van der Waals surface area (Å²) in [6.45, 7) is 3.54. The molecular formula is C10H18N2O. The summed E-state index contributed by atoms with van der Waals surface area (Å²) in [5, 5.41) is 5.71. The summed E-state index contributed by atoms with van der Waals surface area (Å²) in [5.74, 6) is 0.925. The van der Waals surface area contributed by atoms with E-state index in [-0.39, 0.29) is 6.03 Å². The molecule has 2 aliphatic rings. The van der Waals surface area contributed by atoms with E-state index in [2.05, 4.69) is 10.6 Å². The first kappa shape index (κ1) is 8.85. The fraction of sp³-hybridized carbons (Fsp3) is 0.900. The second kappa shape index (κ2) is 3.20. The summed E-state index contributed by atoms with van der Waals surface area (Å²) < 4.78 is 0. The lowest BCUT2D eigenvalue weighted by atomic mass is 10.0. The van der Waals surface area contributed by atoms with Crippen LogP contribution in [0, 0.1) is 11.3 Å². The van der Waals surface area contributed by atoms with Gasteiger partial charge in [-0.05, 0) is 43.9 Å². The van der Waals surface area contributed by atoms with Gasteiger partial charge in [-0.15, -0.1) is 0 Å². The van der Waals surface area contributed by atoms with E-state index in [4.69, 9.17) is 0 Å². The van der Waals surface area contributed by atoms with E-state index in [9.17, 15) is 4.79 Å². The Kier molecular flexibility index (Phi) is 2.18. The third-order valence-corrected chi connectivity index (χ3v) is 3.27. The van der Waals surface area contributed by atoms with Crippen molar-refractivity contribution in [2.75, 3.05) is 13.1 Å². The van der Waals surface area contributed by atoms with E-state index < -0.39 is 0 Å². The number of hydrogen-bond acceptors (Lipinski definition) is 1. The maximum absolute atomic E-state index is 11.1. The van der Waals surface area contributed by atoms with Crippen molar-refractivity contribution in [2.24, 2.45) is 11.3 Å². The lowest BCUT2D eigenvalue weighted by molar-refractivity contribution is 0.237. The Morgan fingerprint density at radius 3 is 2.54 bits per heavy atom. The quantitative estimate of drug-likeness (QED) is 0.679. The topological polar surface area (TPSA) is 41.1 Å². The van der Waals surface area contributed by atoms with Gasteiger partial charge in [-0.2, -0.15) is 0 Å². The van der Waals surface area contributed by atoms with Gasteiger partial charge in [0.2, 0.25) is 0 Å². The molecule has 0 radical (unpaired) electrons. The predicted octanol–water partition coefficient (Wildman–Crippen LogP) is 1.50. The van der Waals surface area contributed by atoms with E-state index >= 15 is 0 Å². The van der Waals surface area contributed by atoms with Gasteiger partial charge in [0.05, 0.1) is 0 Å². The first-order valence-corrected chi connectivity index (χ1v) is 5.28. The van der Waals surface area contributed by atoms with Crippen LogP contribution in [0.5, 0.6) is 0 Å². The van der Waals surface area contributed by atoms with Crippen LogP contribution in [0.3, 0.4) is 0 Å². The zero-order valence-electron chi connectivity index (χ0n) is 8.23. The van der Waals surface area contributed by atoms with Gasteiger partial charge in [-0.1, -0.05) is 0 Å². The first-order chi connectivity index (χ1) is 6.27. The number of urea groups is 1. The highest BCUT2D eigenvalue weighted by atomic mass is 16.2. The van der Waals surface area contributed by atoms with Crippen molar-refractivity contribution in [3.8, 4) is 0 Å². The molecule has 0 unspecified atom stereocenters. The fourth-order valence-corrected chi connectivity index (χ4v) is 2.06. The summed E-state index contributed by atoms with van der Waals surface area (Å²) in [5.41, 5.74) is 0.519. The summed E-state index contributed by atoms with van der Waals surface area (Å²) in [7, 11) is 0. The molecule has 0 bridgehead atoms. The summed E-state index contributed by atoms with van der Waals surface area (Å²) >= 11 is 0. The number of carbonyl (C=O) groups is 1. The highest BCUT2D eigenvalue weighted by Gasteiger charge is 2.53. The normalized spacial score (nSPS) is 23.8. The Hall–Kier alpha value is -0.730. The molecule has 3 heteroatoms. The Bertz CT molecular complexity index is 207. The summed E-state index contributed by atoms with van der Waals surface area (Å²) in [6.07, 6.45) is 5.42. The Labute approximate surface area is 79.3 Å². The number of rotatable bonds is 4. The van der Waals surface area contributed by atoms with Gasteiger partial charge in [0.15, 0.2) is 0 Å². The van der Waals surface area contributed by atoms with Crippen molar-refractivity contribution in [3.05, 3.63) is 0 Å². The SMILES string of the molecule is CCNC(=O)NCC1(C2CC2)CC1. The molecule has 0 aliphatic heterocycles. The zero-order valence-corrected chi connectivity index (χ0v) is 8.23. The van der Waals surface area contributed by atoms with Crippen molar-refractivity contribution in [3.63, 3.8) is 0 Å². The van der Waals surface area contributed by atoms with Crippen molar-refractivity contribution in [2.45, 2.75) is 32.6 Å². The molecule has 0 aromatic rings. The lowest BCUT2D eigenvalue weighted by Gasteiger charge is -2.14. The fourth-order valence-electron chi connectivity index (χ4n) is 2.06. The van der Waals surface area contributed by atoms with E-state index in [0.717, 1.165) is 12.5 Å². The summed E-state index contributed by atoms with van der Waals surface area (Å²) in [4.78, 5) is 11.1. The standard InChI is InChI=1S/C10H18N2O/c1-2-11-9(13)12-7-10(5-6-10)8-3-4-8/h8H,2-7H2,1H3,(H2,11,12,13). The third-order valence-electron chi connectivity index (χ3n) is 3.27. The number of nitrogens with one attached hydrogen (secondary N) is 2. The Balaban J connectivity index is 1.69. The lowest BCUT2D eigenvalue weighted by Crippen LogP contribution is -2.39. The molecule has 0 aromatic carbocycles. The van der Waals surface area contributed by atoms with E-state index in [1.807, 2.05) is 6.92 Å². The highest BCUT2D eigenvalue weighted by molar-refractivity contribution is 5.73. The van der Waals surface area contributed by atoms with Crippen molar-refractivity contribution < 1.29 is 4.79 Å². The maximum Gasteiger partial charge on any atom is 0.314 e. The third kappa shape index (κ3) is 1.95. The molecule has 2 fully saturated rings. The van der Waals surface area contributed by atoms with Crippen LogP contribution in [0.4, 0.5) is 4.79 Å². The van der Waals surface area contributed by atoms with Crippen molar-refractivity contribution in [1.29, 1.82) is 0 Å². The average molecular weight is 182 g/mol. The molecule has 0 heterocycles. The highest BCUT2D eigenvalue weighted by Crippen LogP contribution is 2.60.